The largest absolute Gasteiger partial charge is 0.344 e. The SMILES string of the molecule is COC(OC)(c1cccnc1)c1ncn2cc(Br)sc12. The maximum atomic E-state index is 5.69. The van der Waals surface area contributed by atoms with Crippen LogP contribution < -0.4 is 0 Å². The molecule has 3 heterocycles. The van der Waals surface area contributed by atoms with Gasteiger partial charge in [0.25, 0.3) is 0 Å². The van der Waals surface area contributed by atoms with E-state index in [1.807, 2.05) is 22.7 Å². The molecule has 7 heteroatoms. The lowest BCUT2D eigenvalue weighted by molar-refractivity contribution is -0.185. The zero-order valence-corrected chi connectivity index (χ0v) is 13.3. The Morgan fingerprint density at radius 2 is 2.15 bits per heavy atom. The predicted molar refractivity (Wildman–Crippen MR) is 79.8 cm³/mol. The van der Waals surface area contributed by atoms with E-state index < -0.39 is 5.79 Å². The number of methoxy groups -OCH3 is 2. The second kappa shape index (κ2) is 5.25. The van der Waals surface area contributed by atoms with Crippen LogP contribution in [-0.2, 0) is 15.3 Å². The van der Waals surface area contributed by atoms with Crippen molar-refractivity contribution in [2.24, 2.45) is 0 Å². The van der Waals surface area contributed by atoms with Crippen LogP contribution in [0.3, 0.4) is 0 Å². The van der Waals surface area contributed by atoms with E-state index in [0.717, 1.165) is 14.2 Å². The fourth-order valence-electron chi connectivity index (χ4n) is 2.20. The summed E-state index contributed by atoms with van der Waals surface area (Å²) in [5, 5.41) is 0. The van der Waals surface area contributed by atoms with Crippen LogP contribution in [0, 0.1) is 0 Å². The van der Waals surface area contributed by atoms with E-state index in [9.17, 15) is 0 Å². The highest BCUT2D eigenvalue weighted by molar-refractivity contribution is 9.11. The molecule has 0 aliphatic carbocycles. The molecule has 0 fully saturated rings. The first-order valence-corrected chi connectivity index (χ1v) is 7.45. The van der Waals surface area contributed by atoms with Gasteiger partial charge in [0.1, 0.15) is 16.9 Å². The summed E-state index contributed by atoms with van der Waals surface area (Å²) >= 11 is 5.06. The number of fused-ring (bicyclic) bond motifs is 1. The molecule has 3 rings (SSSR count). The Labute approximate surface area is 128 Å². The highest BCUT2D eigenvalue weighted by Crippen LogP contribution is 2.38. The zero-order valence-electron chi connectivity index (χ0n) is 10.9. The first-order chi connectivity index (χ1) is 9.71. The van der Waals surface area contributed by atoms with Gasteiger partial charge in [-0.1, -0.05) is 6.07 Å². The van der Waals surface area contributed by atoms with Crippen LogP contribution in [0.4, 0.5) is 0 Å². The summed E-state index contributed by atoms with van der Waals surface area (Å²) < 4.78 is 14.3. The van der Waals surface area contributed by atoms with E-state index in [1.54, 1.807) is 44.3 Å². The van der Waals surface area contributed by atoms with Crippen molar-refractivity contribution in [3.8, 4) is 0 Å². The number of hydrogen-bond donors (Lipinski definition) is 0. The van der Waals surface area contributed by atoms with Crippen LogP contribution in [0.25, 0.3) is 4.83 Å². The van der Waals surface area contributed by atoms with Crippen molar-refractivity contribution in [3.05, 3.63) is 52.1 Å². The number of halogens is 1. The van der Waals surface area contributed by atoms with E-state index in [-0.39, 0.29) is 0 Å². The normalized spacial score (nSPS) is 12.2. The smallest absolute Gasteiger partial charge is 0.243 e. The number of ether oxygens (including phenoxy) is 2. The molecule has 0 aliphatic rings. The van der Waals surface area contributed by atoms with Gasteiger partial charge in [0.15, 0.2) is 0 Å². The van der Waals surface area contributed by atoms with Gasteiger partial charge < -0.3 is 9.47 Å². The summed E-state index contributed by atoms with van der Waals surface area (Å²) in [6, 6.07) is 3.76. The van der Waals surface area contributed by atoms with Gasteiger partial charge in [-0.3, -0.25) is 9.38 Å². The Hall–Kier alpha value is -1.28. The van der Waals surface area contributed by atoms with Crippen LogP contribution in [0.2, 0.25) is 0 Å². The molecule has 0 unspecified atom stereocenters. The van der Waals surface area contributed by atoms with Crippen molar-refractivity contribution in [1.29, 1.82) is 0 Å². The molecule has 5 nitrogen and oxygen atoms in total. The first kappa shape index (κ1) is 13.7. The number of pyridine rings is 1. The molecule has 0 bridgehead atoms. The van der Waals surface area contributed by atoms with Crippen LogP contribution >= 0.6 is 27.3 Å². The van der Waals surface area contributed by atoms with Crippen molar-refractivity contribution in [2.45, 2.75) is 5.79 Å². The molecule has 0 aromatic carbocycles. The van der Waals surface area contributed by atoms with Crippen molar-refractivity contribution >= 4 is 32.1 Å². The molecule has 0 N–H and O–H groups in total. The maximum Gasteiger partial charge on any atom is 0.243 e. The number of imidazole rings is 1. The van der Waals surface area contributed by atoms with E-state index in [4.69, 9.17) is 9.47 Å². The predicted octanol–water partition coefficient (Wildman–Crippen LogP) is 3.05. The van der Waals surface area contributed by atoms with Gasteiger partial charge in [0, 0.05) is 38.4 Å². The molecule has 0 radical (unpaired) electrons. The number of hydrogen-bond acceptors (Lipinski definition) is 5. The summed E-state index contributed by atoms with van der Waals surface area (Å²) in [6.07, 6.45) is 7.13. The number of aromatic nitrogens is 3. The van der Waals surface area contributed by atoms with Gasteiger partial charge in [0.05, 0.1) is 3.79 Å². The molecule has 20 heavy (non-hydrogen) atoms. The zero-order chi connectivity index (χ0) is 14.2. The van der Waals surface area contributed by atoms with Crippen molar-refractivity contribution in [2.75, 3.05) is 14.2 Å². The van der Waals surface area contributed by atoms with E-state index in [1.165, 1.54) is 0 Å². The van der Waals surface area contributed by atoms with Crippen molar-refractivity contribution in [3.63, 3.8) is 0 Å². The van der Waals surface area contributed by atoms with Gasteiger partial charge >= 0.3 is 0 Å². The summed E-state index contributed by atoms with van der Waals surface area (Å²) in [5.41, 5.74) is 1.52. The molecular weight excluding hydrogens is 342 g/mol. The van der Waals surface area contributed by atoms with Gasteiger partial charge in [0.2, 0.25) is 5.79 Å². The third-order valence-corrected chi connectivity index (χ3v) is 4.70. The number of rotatable bonds is 4. The quantitative estimate of drug-likeness (QED) is 0.676. The van der Waals surface area contributed by atoms with E-state index >= 15 is 0 Å². The van der Waals surface area contributed by atoms with E-state index in [2.05, 4.69) is 25.9 Å². The second-order valence-corrected chi connectivity index (χ2v) is 6.52. The molecular formula is C13H12BrN3O2S. The number of nitrogens with zero attached hydrogens (tertiary/aromatic N) is 3. The Kier molecular flexibility index (Phi) is 3.59. The monoisotopic (exact) mass is 353 g/mol. The minimum Gasteiger partial charge on any atom is -0.344 e. The van der Waals surface area contributed by atoms with Gasteiger partial charge in [-0.25, -0.2) is 4.98 Å². The standard InChI is InChI=1S/C13H12BrN3O2S/c1-18-13(19-2,9-4-3-5-15-6-9)11-12-17(8-16-11)7-10(14)20-12/h3-8H,1-2H3. The number of thiazole rings is 1. The maximum absolute atomic E-state index is 5.69. The van der Waals surface area contributed by atoms with E-state index in [0.29, 0.717) is 5.69 Å². The third-order valence-electron chi connectivity index (χ3n) is 3.11. The summed E-state index contributed by atoms with van der Waals surface area (Å²) in [7, 11) is 3.20. The Balaban J connectivity index is 2.25. The Morgan fingerprint density at radius 1 is 1.35 bits per heavy atom. The summed E-state index contributed by atoms with van der Waals surface area (Å²) in [6.45, 7) is 0. The Morgan fingerprint density at radius 3 is 2.80 bits per heavy atom. The molecule has 0 spiro atoms. The Bertz CT molecular complexity index is 722. The summed E-state index contributed by atoms with van der Waals surface area (Å²) in [4.78, 5) is 9.57. The highest BCUT2D eigenvalue weighted by Gasteiger charge is 2.39. The fourth-order valence-corrected chi connectivity index (χ4v) is 3.72. The molecule has 0 atom stereocenters. The van der Waals surface area contributed by atoms with Crippen LogP contribution in [0.15, 0.2) is 40.8 Å². The van der Waals surface area contributed by atoms with Gasteiger partial charge in [-0.05, 0) is 22.0 Å². The molecule has 3 aromatic heterocycles. The van der Waals surface area contributed by atoms with Gasteiger partial charge in [-0.2, -0.15) is 0 Å². The van der Waals surface area contributed by atoms with Crippen LogP contribution in [0.5, 0.6) is 0 Å². The molecule has 0 saturated carbocycles. The first-order valence-electron chi connectivity index (χ1n) is 5.84. The van der Waals surface area contributed by atoms with Crippen molar-refractivity contribution < 1.29 is 9.47 Å². The van der Waals surface area contributed by atoms with Crippen LogP contribution in [0.1, 0.15) is 11.3 Å². The summed E-state index contributed by atoms with van der Waals surface area (Å²) in [5.74, 6) is -1.06. The molecule has 104 valence electrons. The molecule has 0 amide bonds. The molecule has 0 saturated heterocycles. The van der Waals surface area contributed by atoms with Crippen LogP contribution in [-0.4, -0.2) is 28.6 Å². The minimum absolute atomic E-state index is 0.714. The van der Waals surface area contributed by atoms with Crippen molar-refractivity contribution in [1.82, 2.24) is 14.4 Å². The lowest BCUT2D eigenvalue weighted by atomic mass is 10.1. The minimum atomic E-state index is -1.06. The topological polar surface area (TPSA) is 48.7 Å². The lowest BCUT2D eigenvalue weighted by Gasteiger charge is -2.29. The second-order valence-electron chi connectivity index (χ2n) is 4.11. The third kappa shape index (κ3) is 1.98. The van der Waals surface area contributed by atoms with Gasteiger partial charge in [-0.15, -0.1) is 11.3 Å². The average Bonchev–Trinajstić information content (AvgIpc) is 3.02. The average molecular weight is 354 g/mol. The molecule has 3 aromatic rings. The highest BCUT2D eigenvalue weighted by atomic mass is 79.9. The lowest BCUT2D eigenvalue weighted by Crippen LogP contribution is -2.33. The molecule has 0 aliphatic heterocycles. The fraction of sp³-hybridized carbons (Fsp3) is 0.231.